The van der Waals surface area contributed by atoms with Crippen LogP contribution in [0.1, 0.15) is 12.8 Å². The van der Waals surface area contributed by atoms with E-state index in [1.54, 1.807) is 18.2 Å². The number of carbonyl (C=O) groups is 2. The van der Waals surface area contributed by atoms with Gasteiger partial charge in [0.05, 0.1) is 25.9 Å². The number of rotatable bonds is 6. The summed E-state index contributed by atoms with van der Waals surface area (Å²) in [5.74, 6) is -2.01. The SMILES string of the molecule is COC(=O)C1=C(C(=O)OC)N(c2c(F)cccc2OCC2CCCO2)C=CC=C1. The molecule has 7 nitrogen and oxygen atoms in total. The first-order valence-corrected chi connectivity index (χ1v) is 9.14. The van der Waals surface area contributed by atoms with Crippen molar-refractivity contribution in [3.05, 3.63) is 59.7 Å². The second kappa shape index (κ2) is 9.38. The zero-order chi connectivity index (χ0) is 20.8. The highest BCUT2D eigenvalue weighted by Gasteiger charge is 2.31. The quantitative estimate of drug-likeness (QED) is 0.676. The van der Waals surface area contributed by atoms with Gasteiger partial charge in [-0.25, -0.2) is 14.0 Å². The second-order valence-electron chi connectivity index (χ2n) is 6.35. The molecular weight excluding hydrogens is 381 g/mol. The monoisotopic (exact) mass is 403 g/mol. The Morgan fingerprint density at radius 1 is 1.21 bits per heavy atom. The van der Waals surface area contributed by atoms with E-state index in [1.165, 1.54) is 43.5 Å². The molecule has 29 heavy (non-hydrogen) atoms. The third-order valence-corrected chi connectivity index (χ3v) is 4.53. The summed E-state index contributed by atoms with van der Waals surface area (Å²) in [7, 11) is 2.37. The van der Waals surface area contributed by atoms with E-state index in [1.807, 2.05) is 0 Å². The van der Waals surface area contributed by atoms with Crippen LogP contribution < -0.4 is 9.64 Å². The number of allylic oxidation sites excluding steroid dienone is 2. The molecule has 0 bridgehead atoms. The second-order valence-corrected chi connectivity index (χ2v) is 6.35. The van der Waals surface area contributed by atoms with E-state index in [0.29, 0.717) is 6.61 Å². The predicted molar refractivity (Wildman–Crippen MR) is 103 cm³/mol. The number of hydrogen-bond acceptors (Lipinski definition) is 7. The number of halogens is 1. The van der Waals surface area contributed by atoms with Crippen LogP contribution in [0, 0.1) is 5.82 Å². The van der Waals surface area contributed by atoms with Gasteiger partial charge in [-0.3, -0.25) is 0 Å². The van der Waals surface area contributed by atoms with Crippen LogP contribution in [0.2, 0.25) is 0 Å². The van der Waals surface area contributed by atoms with Gasteiger partial charge in [-0.05, 0) is 37.1 Å². The summed E-state index contributed by atoms with van der Waals surface area (Å²) >= 11 is 0. The molecule has 0 radical (unpaired) electrons. The molecule has 0 spiro atoms. The van der Waals surface area contributed by atoms with Crippen molar-refractivity contribution in [2.45, 2.75) is 18.9 Å². The fourth-order valence-electron chi connectivity index (χ4n) is 3.14. The largest absolute Gasteiger partial charge is 0.489 e. The maximum absolute atomic E-state index is 14.9. The molecular formula is C21H22FNO6. The molecule has 1 fully saturated rings. The van der Waals surface area contributed by atoms with Gasteiger partial charge in [-0.1, -0.05) is 12.1 Å². The van der Waals surface area contributed by atoms with Crippen molar-refractivity contribution in [2.24, 2.45) is 0 Å². The molecule has 1 atom stereocenters. The summed E-state index contributed by atoms with van der Waals surface area (Å²) in [6.45, 7) is 0.912. The van der Waals surface area contributed by atoms with E-state index in [2.05, 4.69) is 0 Å². The van der Waals surface area contributed by atoms with Crippen LogP contribution in [0.3, 0.4) is 0 Å². The lowest BCUT2D eigenvalue weighted by Crippen LogP contribution is -2.28. The molecule has 1 aromatic rings. The number of anilines is 1. The van der Waals surface area contributed by atoms with Gasteiger partial charge in [0.15, 0.2) is 5.82 Å². The van der Waals surface area contributed by atoms with Gasteiger partial charge < -0.3 is 23.8 Å². The van der Waals surface area contributed by atoms with Crippen LogP contribution in [0.5, 0.6) is 5.75 Å². The third kappa shape index (κ3) is 4.48. The Kier molecular flexibility index (Phi) is 6.66. The van der Waals surface area contributed by atoms with E-state index in [4.69, 9.17) is 18.9 Å². The van der Waals surface area contributed by atoms with Crippen molar-refractivity contribution in [3.63, 3.8) is 0 Å². The number of hydrogen-bond donors (Lipinski definition) is 0. The Balaban J connectivity index is 2.06. The van der Waals surface area contributed by atoms with Gasteiger partial charge in [0.25, 0.3) is 0 Å². The Bertz CT molecular complexity index is 870. The number of ether oxygens (including phenoxy) is 4. The van der Waals surface area contributed by atoms with Crippen molar-refractivity contribution in [1.29, 1.82) is 0 Å². The molecule has 3 rings (SSSR count). The number of carbonyl (C=O) groups excluding carboxylic acids is 2. The fourth-order valence-corrected chi connectivity index (χ4v) is 3.14. The van der Waals surface area contributed by atoms with Gasteiger partial charge in [0, 0.05) is 12.8 Å². The maximum atomic E-state index is 14.9. The molecule has 8 heteroatoms. The van der Waals surface area contributed by atoms with Crippen molar-refractivity contribution < 1.29 is 32.9 Å². The lowest BCUT2D eigenvalue weighted by Gasteiger charge is -2.26. The molecule has 154 valence electrons. The van der Waals surface area contributed by atoms with E-state index in [0.717, 1.165) is 12.8 Å². The molecule has 0 amide bonds. The lowest BCUT2D eigenvalue weighted by atomic mass is 10.1. The summed E-state index contributed by atoms with van der Waals surface area (Å²) in [6, 6.07) is 4.34. The van der Waals surface area contributed by atoms with Crippen molar-refractivity contribution in [1.82, 2.24) is 0 Å². The summed E-state index contributed by atoms with van der Waals surface area (Å²) < 4.78 is 35.9. The average Bonchev–Trinajstić information content (AvgIpc) is 3.16. The Morgan fingerprint density at radius 2 is 2.00 bits per heavy atom. The third-order valence-electron chi connectivity index (χ3n) is 4.53. The highest BCUT2D eigenvalue weighted by atomic mass is 19.1. The number of esters is 2. The van der Waals surface area contributed by atoms with E-state index < -0.39 is 17.8 Å². The van der Waals surface area contributed by atoms with Gasteiger partial charge in [-0.15, -0.1) is 0 Å². The summed E-state index contributed by atoms with van der Waals surface area (Å²) in [5.41, 5.74) is -0.277. The zero-order valence-electron chi connectivity index (χ0n) is 16.2. The van der Waals surface area contributed by atoms with Crippen LogP contribution in [-0.2, 0) is 23.8 Å². The van der Waals surface area contributed by atoms with E-state index in [-0.39, 0.29) is 35.4 Å². The number of para-hydroxylation sites is 1. The van der Waals surface area contributed by atoms with Crippen LogP contribution in [-0.4, -0.2) is 45.5 Å². The van der Waals surface area contributed by atoms with Gasteiger partial charge in [0.2, 0.25) is 0 Å². The zero-order valence-corrected chi connectivity index (χ0v) is 16.2. The van der Waals surface area contributed by atoms with E-state index >= 15 is 0 Å². The normalized spacial score (nSPS) is 18.6. The van der Waals surface area contributed by atoms with Crippen molar-refractivity contribution in [2.75, 3.05) is 32.3 Å². The standard InChI is InChI=1S/C21H22FNO6/c1-26-20(24)15-8-3-4-11-23(18(15)21(25)27-2)19-16(22)9-5-10-17(19)29-13-14-7-6-12-28-14/h3-5,8-11,14H,6-7,12-13H2,1-2H3. The molecule has 1 aromatic carbocycles. The van der Waals surface area contributed by atoms with Crippen molar-refractivity contribution >= 4 is 17.6 Å². The predicted octanol–water partition coefficient (Wildman–Crippen LogP) is 2.87. The Morgan fingerprint density at radius 3 is 2.69 bits per heavy atom. The molecule has 2 aliphatic rings. The molecule has 0 saturated carbocycles. The maximum Gasteiger partial charge on any atom is 0.355 e. The first kappa shape index (κ1) is 20.6. The first-order valence-electron chi connectivity index (χ1n) is 9.14. The Hall–Kier alpha value is -3.13. The van der Waals surface area contributed by atoms with Crippen LogP contribution >= 0.6 is 0 Å². The number of benzene rings is 1. The molecule has 0 aromatic heterocycles. The topological polar surface area (TPSA) is 74.3 Å². The average molecular weight is 403 g/mol. The molecule has 1 saturated heterocycles. The minimum atomic E-state index is -0.824. The molecule has 2 heterocycles. The molecule has 0 aliphatic carbocycles. The highest BCUT2D eigenvalue weighted by Crippen LogP contribution is 2.36. The summed E-state index contributed by atoms with van der Waals surface area (Å²) in [4.78, 5) is 26.0. The number of methoxy groups -OCH3 is 2. The highest BCUT2D eigenvalue weighted by molar-refractivity contribution is 6.05. The van der Waals surface area contributed by atoms with Crippen LogP contribution in [0.4, 0.5) is 10.1 Å². The molecule has 2 aliphatic heterocycles. The summed E-state index contributed by atoms with van der Waals surface area (Å²) in [6.07, 6.45) is 7.70. The minimum Gasteiger partial charge on any atom is -0.489 e. The van der Waals surface area contributed by atoms with Crippen molar-refractivity contribution in [3.8, 4) is 5.75 Å². The Labute approximate surface area is 168 Å². The molecule has 1 unspecified atom stereocenters. The van der Waals surface area contributed by atoms with Crippen LogP contribution in [0.25, 0.3) is 0 Å². The van der Waals surface area contributed by atoms with Gasteiger partial charge in [-0.2, -0.15) is 0 Å². The summed E-state index contributed by atoms with van der Waals surface area (Å²) in [5, 5.41) is 0. The first-order chi connectivity index (χ1) is 14.1. The smallest absolute Gasteiger partial charge is 0.355 e. The van der Waals surface area contributed by atoms with E-state index in [9.17, 15) is 14.0 Å². The van der Waals surface area contributed by atoms with Crippen LogP contribution in [0.15, 0.2) is 53.9 Å². The molecule has 0 N–H and O–H groups in total. The van der Waals surface area contributed by atoms with Gasteiger partial charge in [0.1, 0.15) is 23.7 Å². The number of nitrogens with zero attached hydrogens (tertiary/aromatic N) is 1. The lowest BCUT2D eigenvalue weighted by molar-refractivity contribution is -0.139. The fraction of sp³-hybridized carbons (Fsp3) is 0.333. The van der Waals surface area contributed by atoms with Gasteiger partial charge >= 0.3 is 11.9 Å². The minimum absolute atomic E-state index is 0.0211.